The highest BCUT2D eigenvalue weighted by Crippen LogP contribution is 2.42. The van der Waals surface area contributed by atoms with Crippen LogP contribution in [0, 0.1) is 13.8 Å². The number of carbonyl (C=O) groups excluding carboxylic acids is 2. The van der Waals surface area contributed by atoms with E-state index in [-0.39, 0.29) is 17.0 Å². The quantitative estimate of drug-likeness (QED) is 0.267. The van der Waals surface area contributed by atoms with E-state index in [9.17, 15) is 14.7 Å². The fourth-order valence-electron chi connectivity index (χ4n) is 5.33. The standard InChI is InChI=1S/C29H34N4O6/c1-5-39-21-9-8-20(17-22(21)37-4)25-23(26(34)24-19(3)32-10-6-7-18(2)28(32)30-24)27(35)29(36)33(25)12-11-31-13-15-38-16-14-31/h6-10,17,25,34H,5,11-16H2,1-4H3/b26-23+. The third-order valence-electron chi connectivity index (χ3n) is 7.41. The van der Waals surface area contributed by atoms with Gasteiger partial charge in [-0.1, -0.05) is 12.1 Å². The fraction of sp³-hybridized carbons (Fsp3) is 0.414. The molecule has 1 atom stereocenters. The number of likely N-dealkylation sites (tertiary alicyclic amines) is 1. The Morgan fingerprint density at radius 2 is 1.90 bits per heavy atom. The topological polar surface area (TPSA) is 106 Å². The zero-order valence-electron chi connectivity index (χ0n) is 22.8. The molecule has 5 rings (SSSR count). The third-order valence-corrected chi connectivity index (χ3v) is 7.41. The van der Waals surface area contributed by atoms with Crippen molar-refractivity contribution in [1.29, 1.82) is 0 Å². The fourth-order valence-corrected chi connectivity index (χ4v) is 5.33. The number of hydrogen-bond donors (Lipinski definition) is 1. The van der Waals surface area contributed by atoms with Crippen LogP contribution in [0.5, 0.6) is 11.5 Å². The van der Waals surface area contributed by atoms with Crippen molar-refractivity contribution in [2.24, 2.45) is 0 Å². The van der Waals surface area contributed by atoms with Crippen LogP contribution in [-0.4, -0.2) is 89.1 Å². The second-order valence-electron chi connectivity index (χ2n) is 9.72. The number of morpholine rings is 1. The summed E-state index contributed by atoms with van der Waals surface area (Å²) in [7, 11) is 1.54. The van der Waals surface area contributed by atoms with Crippen LogP contribution in [0.1, 0.15) is 35.5 Å². The summed E-state index contributed by atoms with van der Waals surface area (Å²) in [4.78, 5) is 35.4. The third kappa shape index (κ3) is 4.86. The molecule has 206 valence electrons. The maximum Gasteiger partial charge on any atom is 0.295 e. The maximum atomic E-state index is 13.5. The van der Waals surface area contributed by atoms with Crippen LogP contribution in [0.3, 0.4) is 0 Å². The summed E-state index contributed by atoms with van der Waals surface area (Å²) in [5.41, 5.74) is 3.20. The average molecular weight is 535 g/mol. The number of aromatic nitrogens is 2. The molecule has 0 bridgehead atoms. The molecular formula is C29H34N4O6. The molecular weight excluding hydrogens is 500 g/mol. The molecule has 2 saturated heterocycles. The first-order valence-corrected chi connectivity index (χ1v) is 13.2. The number of amides is 1. The van der Waals surface area contributed by atoms with E-state index in [0.717, 1.165) is 18.7 Å². The molecule has 2 aliphatic heterocycles. The van der Waals surface area contributed by atoms with Crippen molar-refractivity contribution in [3.05, 3.63) is 64.6 Å². The second kappa shape index (κ2) is 11.1. The van der Waals surface area contributed by atoms with Gasteiger partial charge in [0.15, 0.2) is 17.3 Å². The van der Waals surface area contributed by atoms with Gasteiger partial charge in [-0.05, 0) is 50.1 Å². The number of rotatable bonds is 8. The first-order chi connectivity index (χ1) is 18.8. The molecule has 2 fully saturated rings. The minimum Gasteiger partial charge on any atom is -0.505 e. The Labute approximate surface area is 227 Å². The van der Waals surface area contributed by atoms with Gasteiger partial charge in [0.05, 0.1) is 44.2 Å². The SMILES string of the molecule is CCOc1ccc(C2/C(=C(\O)c3nc4c(C)cccn4c3C)C(=O)C(=O)N2CCN2CCOCC2)cc1OC. The number of pyridine rings is 1. The molecule has 0 spiro atoms. The van der Waals surface area contributed by atoms with Gasteiger partial charge >= 0.3 is 0 Å². The zero-order chi connectivity index (χ0) is 27.7. The summed E-state index contributed by atoms with van der Waals surface area (Å²) < 4.78 is 18.6. The number of aliphatic hydroxyl groups is 1. The van der Waals surface area contributed by atoms with E-state index in [1.807, 2.05) is 43.5 Å². The molecule has 1 N–H and O–H groups in total. The lowest BCUT2D eigenvalue weighted by Crippen LogP contribution is -2.42. The number of aliphatic hydroxyl groups excluding tert-OH is 1. The second-order valence-corrected chi connectivity index (χ2v) is 9.72. The van der Waals surface area contributed by atoms with E-state index < -0.39 is 17.7 Å². The number of fused-ring (bicyclic) bond motifs is 1. The summed E-state index contributed by atoms with van der Waals surface area (Å²) in [6.07, 6.45) is 1.86. The molecule has 10 nitrogen and oxygen atoms in total. The number of benzene rings is 1. The van der Waals surface area contributed by atoms with Crippen LogP contribution >= 0.6 is 0 Å². The largest absolute Gasteiger partial charge is 0.505 e. The van der Waals surface area contributed by atoms with Gasteiger partial charge in [0.2, 0.25) is 0 Å². The van der Waals surface area contributed by atoms with Crippen molar-refractivity contribution in [3.63, 3.8) is 0 Å². The Hall–Kier alpha value is -3.89. The first kappa shape index (κ1) is 26.7. The number of imidazole rings is 1. The first-order valence-electron chi connectivity index (χ1n) is 13.2. The van der Waals surface area contributed by atoms with Crippen LogP contribution < -0.4 is 9.47 Å². The predicted octanol–water partition coefficient (Wildman–Crippen LogP) is 3.11. The van der Waals surface area contributed by atoms with Crippen molar-refractivity contribution in [1.82, 2.24) is 19.2 Å². The minimum atomic E-state index is -0.819. The van der Waals surface area contributed by atoms with Gasteiger partial charge in [0.25, 0.3) is 11.7 Å². The van der Waals surface area contributed by atoms with E-state index in [1.165, 1.54) is 4.90 Å². The van der Waals surface area contributed by atoms with Gasteiger partial charge < -0.3 is 28.6 Å². The minimum absolute atomic E-state index is 0.0114. The van der Waals surface area contributed by atoms with Crippen LogP contribution in [0.25, 0.3) is 11.4 Å². The van der Waals surface area contributed by atoms with Gasteiger partial charge in [0, 0.05) is 32.4 Å². The van der Waals surface area contributed by atoms with Crippen LogP contribution in [0.4, 0.5) is 0 Å². The monoisotopic (exact) mass is 534 g/mol. The lowest BCUT2D eigenvalue weighted by molar-refractivity contribution is -0.140. The highest BCUT2D eigenvalue weighted by molar-refractivity contribution is 6.46. The number of ether oxygens (including phenoxy) is 3. The number of hydrogen-bond acceptors (Lipinski definition) is 8. The molecule has 0 saturated carbocycles. The molecule has 1 amide bonds. The highest BCUT2D eigenvalue weighted by atomic mass is 16.5. The Morgan fingerprint density at radius 3 is 2.59 bits per heavy atom. The van der Waals surface area contributed by atoms with E-state index in [2.05, 4.69) is 9.88 Å². The van der Waals surface area contributed by atoms with Crippen molar-refractivity contribution < 1.29 is 28.9 Å². The lowest BCUT2D eigenvalue weighted by Gasteiger charge is -2.31. The maximum absolute atomic E-state index is 13.5. The smallest absolute Gasteiger partial charge is 0.295 e. The van der Waals surface area contributed by atoms with Crippen molar-refractivity contribution in [3.8, 4) is 11.5 Å². The van der Waals surface area contributed by atoms with E-state index >= 15 is 0 Å². The molecule has 1 unspecified atom stereocenters. The van der Waals surface area contributed by atoms with Gasteiger partial charge in [-0.2, -0.15) is 0 Å². The summed E-state index contributed by atoms with van der Waals surface area (Å²) in [5.74, 6) is -0.644. The van der Waals surface area contributed by atoms with E-state index in [4.69, 9.17) is 14.2 Å². The summed E-state index contributed by atoms with van der Waals surface area (Å²) >= 11 is 0. The molecule has 0 aliphatic carbocycles. The Kier molecular flexibility index (Phi) is 7.58. The zero-order valence-corrected chi connectivity index (χ0v) is 22.8. The normalized spacial score (nSPS) is 19.7. The number of aryl methyl sites for hydroxylation is 2. The van der Waals surface area contributed by atoms with Crippen molar-refractivity contribution in [2.75, 3.05) is 53.1 Å². The molecule has 10 heteroatoms. The number of Topliss-reactive ketones (excluding diaryl/α,β-unsaturated/α-hetero) is 1. The number of nitrogens with zero attached hydrogens (tertiary/aromatic N) is 4. The lowest BCUT2D eigenvalue weighted by atomic mass is 9.96. The highest BCUT2D eigenvalue weighted by Gasteiger charge is 2.46. The summed E-state index contributed by atoms with van der Waals surface area (Å²) in [5, 5.41) is 11.6. The van der Waals surface area contributed by atoms with Gasteiger partial charge in [-0.25, -0.2) is 4.98 Å². The van der Waals surface area contributed by atoms with Gasteiger partial charge in [-0.3, -0.25) is 14.5 Å². The summed E-state index contributed by atoms with van der Waals surface area (Å²) in [6, 6.07) is 8.34. The molecule has 3 aromatic rings. The average Bonchev–Trinajstić information content (AvgIpc) is 3.42. The Balaban J connectivity index is 1.63. The molecule has 0 radical (unpaired) electrons. The predicted molar refractivity (Wildman–Crippen MR) is 145 cm³/mol. The Morgan fingerprint density at radius 1 is 1.13 bits per heavy atom. The van der Waals surface area contributed by atoms with Crippen molar-refractivity contribution in [2.45, 2.75) is 26.8 Å². The molecule has 1 aromatic carbocycles. The summed E-state index contributed by atoms with van der Waals surface area (Å²) in [6.45, 7) is 9.76. The van der Waals surface area contributed by atoms with Crippen molar-refractivity contribution >= 4 is 23.1 Å². The van der Waals surface area contributed by atoms with Crippen LogP contribution in [-0.2, 0) is 14.3 Å². The molecule has 2 aromatic heterocycles. The van der Waals surface area contributed by atoms with E-state index in [0.29, 0.717) is 61.3 Å². The molecule has 2 aliphatic rings. The molecule has 4 heterocycles. The Bertz CT molecular complexity index is 1440. The number of ketones is 1. The number of methoxy groups -OCH3 is 1. The molecule has 39 heavy (non-hydrogen) atoms. The van der Waals surface area contributed by atoms with E-state index in [1.54, 1.807) is 25.3 Å². The van der Waals surface area contributed by atoms with Gasteiger partial charge in [0.1, 0.15) is 11.3 Å². The number of carbonyl (C=O) groups is 2. The van der Waals surface area contributed by atoms with Crippen LogP contribution in [0.2, 0.25) is 0 Å². The van der Waals surface area contributed by atoms with Gasteiger partial charge in [-0.15, -0.1) is 0 Å². The van der Waals surface area contributed by atoms with Crippen LogP contribution in [0.15, 0.2) is 42.1 Å².